The molecule has 2 atom stereocenters. The number of hydrogen-bond donors (Lipinski definition) is 1. The first-order valence-corrected chi connectivity index (χ1v) is 12.0. The van der Waals surface area contributed by atoms with Gasteiger partial charge in [0.15, 0.2) is 9.84 Å². The van der Waals surface area contributed by atoms with Crippen LogP contribution in [0.3, 0.4) is 0 Å². The SMILES string of the molecule is CCOC(=O)C1=C(C)N([C@H]2CCS(=O)(=O)C2)C(=O)N[C@@H]1c1ccc(C(C)(C)C)cc1. The monoisotopic (exact) mass is 434 g/mol. The zero-order valence-corrected chi connectivity index (χ0v) is 19.0. The molecule has 3 rings (SSSR count). The van der Waals surface area contributed by atoms with Crippen molar-refractivity contribution in [3.05, 3.63) is 46.7 Å². The first-order chi connectivity index (χ1) is 13.9. The Labute approximate surface area is 178 Å². The topological polar surface area (TPSA) is 92.8 Å². The van der Waals surface area contributed by atoms with Crippen LogP contribution in [0.2, 0.25) is 0 Å². The normalized spacial score (nSPS) is 24.0. The molecule has 164 valence electrons. The van der Waals surface area contributed by atoms with Crippen LogP contribution in [-0.4, -0.2) is 49.5 Å². The highest BCUT2D eigenvalue weighted by molar-refractivity contribution is 7.91. The van der Waals surface area contributed by atoms with Crippen molar-refractivity contribution in [1.29, 1.82) is 0 Å². The Bertz CT molecular complexity index is 974. The number of esters is 1. The van der Waals surface area contributed by atoms with E-state index in [9.17, 15) is 18.0 Å². The van der Waals surface area contributed by atoms with Gasteiger partial charge in [-0.2, -0.15) is 0 Å². The Morgan fingerprint density at radius 3 is 2.37 bits per heavy atom. The Hall–Kier alpha value is -2.35. The number of sulfone groups is 1. The van der Waals surface area contributed by atoms with Crippen LogP contribution in [0.5, 0.6) is 0 Å². The van der Waals surface area contributed by atoms with Crippen molar-refractivity contribution < 1.29 is 22.7 Å². The molecule has 1 aromatic carbocycles. The van der Waals surface area contributed by atoms with Gasteiger partial charge in [-0.05, 0) is 36.8 Å². The summed E-state index contributed by atoms with van der Waals surface area (Å²) in [6.07, 6.45) is 0.355. The number of carbonyl (C=O) groups is 2. The molecule has 1 saturated heterocycles. The van der Waals surface area contributed by atoms with Gasteiger partial charge in [0.1, 0.15) is 0 Å². The molecule has 2 heterocycles. The highest BCUT2D eigenvalue weighted by Gasteiger charge is 2.42. The summed E-state index contributed by atoms with van der Waals surface area (Å²) in [6, 6.07) is 6.28. The second-order valence-corrected chi connectivity index (χ2v) is 11.1. The molecule has 0 saturated carbocycles. The molecule has 1 aromatic rings. The van der Waals surface area contributed by atoms with Gasteiger partial charge < -0.3 is 10.1 Å². The van der Waals surface area contributed by atoms with E-state index in [2.05, 4.69) is 26.1 Å². The Balaban J connectivity index is 2.03. The van der Waals surface area contributed by atoms with Crippen LogP contribution in [0.1, 0.15) is 58.2 Å². The second-order valence-electron chi connectivity index (χ2n) is 8.90. The van der Waals surface area contributed by atoms with Gasteiger partial charge >= 0.3 is 12.0 Å². The number of rotatable bonds is 4. The minimum atomic E-state index is -3.18. The fourth-order valence-electron chi connectivity index (χ4n) is 4.07. The zero-order valence-electron chi connectivity index (χ0n) is 18.2. The van der Waals surface area contributed by atoms with Gasteiger partial charge in [-0.3, -0.25) is 4.90 Å². The molecule has 7 nitrogen and oxygen atoms in total. The number of carbonyl (C=O) groups excluding carboxylic acids is 2. The molecule has 0 aromatic heterocycles. The first kappa shape index (κ1) is 22.3. The summed E-state index contributed by atoms with van der Waals surface area (Å²) < 4.78 is 29.2. The van der Waals surface area contributed by atoms with E-state index in [0.717, 1.165) is 11.1 Å². The summed E-state index contributed by atoms with van der Waals surface area (Å²) in [4.78, 5) is 27.2. The van der Waals surface area contributed by atoms with E-state index < -0.39 is 33.9 Å². The van der Waals surface area contributed by atoms with Crippen molar-refractivity contribution in [2.75, 3.05) is 18.1 Å². The van der Waals surface area contributed by atoms with Crippen LogP contribution < -0.4 is 5.32 Å². The molecule has 8 heteroatoms. The van der Waals surface area contributed by atoms with Crippen LogP contribution in [-0.2, 0) is 24.8 Å². The Morgan fingerprint density at radius 2 is 1.87 bits per heavy atom. The smallest absolute Gasteiger partial charge is 0.338 e. The number of urea groups is 1. The van der Waals surface area contributed by atoms with Crippen molar-refractivity contribution in [2.24, 2.45) is 0 Å². The van der Waals surface area contributed by atoms with E-state index in [-0.39, 0.29) is 23.5 Å². The van der Waals surface area contributed by atoms with Crippen LogP contribution in [0, 0.1) is 0 Å². The molecule has 2 aliphatic rings. The fraction of sp³-hybridized carbons (Fsp3) is 0.545. The van der Waals surface area contributed by atoms with Crippen molar-refractivity contribution in [3.63, 3.8) is 0 Å². The summed E-state index contributed by atoms with van der Waals surface area (Å²) >= 11 is 0. The molecule has 2 aliphatic heterocycles. The third kappa shape index (κ3) is 4.38. The molecule has 0 radical (unpaired) electrons. The predicted molar refractivity (Wildman–Crippen MR) is 115 cm³/mol. The largest absolute Gasteiger partial charge is 0.463 e. The molecule has 0 unspecified atom stereocenters. The fourth-order valence-corrected chi connectivity index (χ4v) is 5.77. The lowest BCUT2D eigenvalue weighted by Gasteiger charge is -2.38. The van der Waals surface area contributed by atoms with Gasteiger partial charge in [-0.25, -0.2) is 18.0 Å². The van der Waals surface area contributed by atoms with E-state index in [4.69, 9.17) is 4.74 Å². The molecule has 0 spiro atoms. The van der Waals surface area contributed by atoms with E-state index in [0.29, 0.717) is 17.7 Å². The van der Waals surface area contributed by atoms with Gasteiger partial charge in [-0.1, -0.05) is 45.0 Å². The highest BCUT2D eigenvalue weighted by atomic mass is 32.2. The van der Waals surface area contributed by atoms with Gasteiger partial charge in [0.05, 0.1) is 35.8 Å². The maximum Gasteiger partial charge on any atom is 0.338 e. The molecule has 1 fully saturated rings. The second kappa shape index (κ2) is 8.06. The quantitative estimate of drug-likeness (QED) is 0.735. The van der Waals surface area contributed by atoms with Crippen molar-refractivity contribution >= 4 is 21.8 Å². The minimum Gasteiger partial charge on any atom is -0.463 e. The molecule has 0 aliphatic carbocycles. The van der Waals surface area contributed by atoms with Crippen molar-refractivity contribution in [3.8, 4) is 0 Å². The van der Waals surface area contributed by atoms with Crippen LogP contribution in [0.4, 0.5) is 4.79 Å². The molecular weight excluding hydrogens is 404 g/mol. The number of ether oxygens (including phenoxy) is 1. The standard InChI is InChI=1S/C22H30N2O5S/c1-6-29-20(25)18-14(2)24(17-11-12-30(27,28)13-17)21(26)23-19(18)15-7-9-16(10-8-15)22(3,4)5/h7-10,17,19H,6,11-13H2,1-5H3,(H,23,26)/t17-,19+/m0/s1. The summed E-state index contributed by atoms with van der Waals surface area (Å²) in [7, 11) is -3.18. The minimum absolute atomic E-state index is 0.0190. The highest BCUT2D eigenvalue weighted by Crippen LogP contribution is 2.35. The van der Waals surface area contributed by atoms with Crippen molar-refractivity contribution in [1.82, 2.24) is 10.2 Å². The maximum atomic E-state index is 13.0. The zero-order chi connectivity index (χ0) is 22.3. The van der Waals surface area contributed by atoms with E-state index in [1.54, 1.807) is 13.8 Å². The number of hydrogen-bond acceptors (Lipinski definition) is 5. The summed E-state index contributed by atoms with van der Waals surface area (Å²) in [5, 5.41) is 2.90. The van der Waals surface area contributed by atoms with Crippen LogP contribution in [0.15, 0.2) is 35.5 Å². The van der Waals surface area contributed by atoms with E-state index >= 15 is 0 Å². The Morgan fingerprint density at radius 1 is 1.23 bits per heavy atom. The van der Waals surface area contributed by atoms with E-state index in [1.807, 2.05) is 24.3 Å². The van der Waals surface area contributed by atoms with Gasteiger partial charge in [0, 0.05) is 5.70 Å². The molecular formula is C22H30N2O5S. The predicted octanol–water partition coefficient (Wildman–Crippen LogP) is 3.07. The van der Waals surface area contributed by atoms with Gasteiger partial charge in [0.25, 0.3) is 0 Å². The lowest BCUT2D eigenvalue weighted by atomic mass is 9.85. The van der Waals surface area contributed by atoms with Gasteiger partial charge in [-0.15, -0.1) is 0 Å². The van der Waals surface area contributed by atoms with E-state index in [1.165, 1.54) is 4.90 Å². The number of nitrogens with one attached hydrogen (secondary N) is 1. The van der Waals surface area contributed by atoms with Crippen LogP contribution in [0.25, 0.3) is 0 Å². The maximum absolute atomic E-state index is 13.0. The third-order valence-electron chi connectivity index (χ3n) is 5.71. The first-order valence-electron chi connectivity index (χ1n) is 10.2. The summed E-state index contributed by atoms with van der Waals surface area (Å²) in [6.45, 7) is 9.97. The number of amides is 2. The summed E-state index contributed by atoms with van der Waals surface area (Å²) in [5.41, 5.74) is 2.69. The molecule has 1 N–H and O–H groups in total. The lowest BCUT2D eigenvalue weighted by Crippen LogP contribution is -2.52. The average Bonchev–Trinajstić information content (AvgIpc) is 3.00. The van der Waals surface area contributed by atoms with Crippen molar-refractivity contribution in [2.45, 2.75) is 58.5 Å². The molecule has 0 bridgehead atoms. The number of nitrogens with zero attached hydrogens (tertiary/aromatic N) is 1. The summed E-state index contributed by atoms with van der Waals surface area (Å²) in [5.74, 6) is -0.564. The Kier molecular flexibility index (Phi) is 6.00. The van der Waals surface area contributed by atoms with Crippen LogP contribution >= 0.6 is 0 Å². The molecule has 2 amide bonds. The van der Waals surface area contributed by atoms with Gasteiger partial charge in [0.2, 0.25) is 0 Å². The lowest BCUT2D eigenvalue weighted by molar-refractivity contribution is -0.139. The third-order valence-corrected chi connectivity index (χ3v) is 7.46. The number of allylic oxidation sites excluding steroid dienone is 1. The molecule has 30 heavy (non-hydrogen) atoms. The number of benzene rings is 1. The average molecular weight is 435 g/mol.